The van der Waals surface area contributed by atoms with Gasteiger partial charge >= 0.3 is 0 Å². The Morgan fingerprint density at radius 2 is 2.12 bits per heavy atom. The number of nitrogens with two attached hydrogens (primary N) is 1. The number of aliphatic hydroxyl groups is 2. The largest absolute Gasteiger partial charge is 0.395 e. The van der Waals surface area contributed by atoms with Crippen molar-refractivity contribution in [2.24, 2.45) is 5.90 Å². The number of unbranched alkanes of at least 4 members (excludes halogenated alkanes) is 1. The van der Waals surface area contributed by atoms with Gasteiger partial charge in [0.25, 0.3) is 0 Å². The Morgan fingerprint density at radius 3 is 2.75 bits per heavy atom. The van der Waals surface area contributed by atoms with Crippen molar-refractivity contribution in [2.75, 3.05) is 26.3 Å². The monoisotopic (exact) mass is 235 g/mol. The Morgan fingerprint density at radius 1 is 1.38 bits per heavy atom. The lowest BCUT2D eigenvalue weighted by molar-refractivity contribution is -0.125. The van der Waals surface area contributed by atoms with Crippen LogP contribution in [0.2, 0.25) is 0 Å². The molecule has 16 heavy (non-hydrogen) atoms. The number of carbonyl (C=O) groups excluding carboxylic acids is 1. The molecule has 1 atom stereocenters. The van der Waals surface area contributed by atoms with E-state index >= 15 is 0 Å². The fourth-order valence-electron chi connectivity index (χ4n) is 1.15. The molecule has 0 spiro atoms. The summed E-state index contributed by atoms with van der Waals surface area (Å²) in [5.74, 6) is 4.47. The molecule has 0 aliphatic heterocycles. The maximum absolute atomic E-state index is 10.9. The molecule has 96 valence electrons. The van der Waals surface area contributed by atoms with Crippen LogP contribution >= 0.6 is 0 Å². The number of nitrogens with one attached hydrogen (secondary N) is 2. The minimum atomic E-state index is -0.602. The van der Waals surface area contributed by atoms with Crippen molar-refractivity contribution < 1.29 is 19.8 Å². The minimum absolute atomic E-state index is 0.00616. The van der Waals surface area contributed by atoms with E-state index in [0.29, 0.717) is 19.5 Å². The van der Waals surface area contributed by atoms with Crippen LogP contribution in [-0.2, 0) is 9.63 Å². The zero-order chi connectivity index (χ0) is 12.2. The van der Waals surface area contributed by atoms with Crippen molar-refractivity contribution >= 4 is 5.91 Å². The number of hydrogen-bond donors (Lipinski definition) is 5. The summed E-state index contributed by atoms with van der Waals surface area (Å²) in [6.45, 7) is 0.785. The average molecular weight is 235 g/mol. The van der Waals surface area contributed by atoms with Crippen LogP contribution in [0.25, 0.3) is 0 Å². The highest BCUT2D eigenvalue weighted by molar-refractivity contribution is 5.77. The van der Waals surface area contributed by atoms with E-state index in [2.05, 4.69) is 15.5 Å². The number of carbonyl (C=O) groups is 1. The normalized spacial score (nSPS) is 12.4. The Kier molecular flexibility index (Phi) is 10.3. The third-order valence-electron chi connectivity index (χ3n) is 1.93. The van der Waals surface area contributed by atoms with Crippen LogP contribution in [-0.4, -0.2) is 48.7 Å². The molecule has 0 radical (unpaired) electrons. The molecule has 0 aliphatic carbocycles. The molecule has 0 saturated carbocycles. The highest BCUT2D eigenvalue weighted by Crippen LogP contribution is 1.97. The topological polar surface area (TPSA) is 117 Å². The van der Waals surface area contributed by atoms with Gasteiger partial charge in [-0.25, -0.2) is 5.90 Å². The van der Waals surface area contributed by atoms with E-state index in [1.807, 2.05) is 0 Å². The maximum atomic E-state index is 10.9. The molecule has 7 nitrogen and oxygen atoms in total. The summed E-state index contributed by atoms with van der Waals surface area (Å²) in [6, 6.07) is 0. The second-order valence-electron chi connectivity index (χ2n) is 3.35. The van der Waals surface area contributed by atoms with Crippen molar-refractivity contribution in [3.8, 4) is 0 Å². The summed E-state index contributed by atoms with van der Waals surface area (Å²) >= 11 is 0. The van der Waals surface area contributed by atoms with Crippen LogP contribution in [0.5, 0.6) is 0 Å². The molecule has 0 aromatic rings. The molecule has 0 heterocycles. The lowest BCUT2D eigenvalue weighted by Gasteiger charge is -2.11. The fraction of sp³-hybridized carbons (Fsp3) is 0.889. The quantitative estimate of drug-likeness (QED) is 0.171. The lowest BCUT2D eigenvalue weighted by Crippen LogP contribution is -2.32. The van der Waals surface area contributed by atoms with Gasteiger partial charge in [0.1, 0.15) is 12.8 Å². The van der Waals surface area contributed by atoms with Gasteiger partial charge in [0.15, 0.2) is 0 Å². The summed E-state index contributed by atoms with van der Waals surface area (Å²) in [6.07, 6.45) is 1.54. The zero-order valence-electron chi connectivity index (χ0n) is 9.32. The van der Waals surface area contributed by atoms with Gasteiger partial charge in [0.2, 0.25) is 5.91 Å². The van der Waals surface area contributed by atoms with Gasteiger partial charge in [0, 0.05) is 13.1 Å². The predicted molar refractivity (Wildman–Crippen MR) is 58.1 cm³/mol. The van der Waals surface area contributed by atoms with E-state index in [9.17, 15) is 9.90 Å². The van der Waals surface area contributed by atoms with Crippen LogP contribution in [0.3, 0.4) is 0 Å². The second-order valence-corrected chi connectivity index (χ2v) is 3.35. The molecule has 0 saturated heterocycles. The van der Waals surface area contributed by atoms with Crippen molar-refractivity contribution in [2.45, 2.75) is 25.5 Å². The number of amides is 1. The standard InChI is InChI=1S/C9H21N3O4/c10-16-7-9(15)11-4-2-1-3-8(14)12-5-6-13/h8,12-14H,1-7,10H2,(H,11,15). The third kappa shape index (κ3) is 9.81. The maximum Gasteiger partial charge on any atom is 0.248 e. The Hall–Kier alpha value is -0.730. The van der Waals surface area contributed by atoms with Crippen LogP contribution in [0.15, 0.2) is 0 Å². The summed E-state index contributed by atoms with van der Waals surface area (Å²) in [4.78, 5) is 15.0. The molecule has 0 aromatic heterocycles. The number of rotatable bonds is 10. The molecule has 1 amide bonds. The number of hydrogen-bond acceptors (Lipinski definition) is 6. The molecular formula is C9H21N3O4. The van der Waals surface area contributed by atoms with Gasteiger partial charge in [-0.1, -0.05) is 0 Å². The van der Waals surface area contributed by atoms with Gasteiger partial charge in [-0.2, -0.15) is 0 Å². The minimum Gasteiger partial charge on any atom is -0.395 e. The first kappa shape index (κ1) is 15.3. The smallest absolute Gasteiger partial charge is 0.248 e. The molecule has 0 rings (SSSR count). The van der Waals surface area contributed by atoms with Crippen molar-refractivity contribution in [3.63, 3.8) is 0 Å². The summed E-state index contributed by atoms with van der Waals surface area (Å²) in [5.41, 5.74) is 0. The first-order valence-corrected chi connectivity index (χ1v) is 5.31. The van der Waals surface area contributed by atoms with Crippen molar-refractivity contribution in [3.05, 3.63) is 0 Å². The molecule has 7 heteroatoms. The Balaban J connectivity index is 3.23. The van der Waals surface area contributed by atoms with Crippen LogP contribution in [0.1, 0.15) is 19.3 Å². The first-order chi connectivity index (χ1) is 7.70. The van der Waals surface area contributed by atoms with E-state index in [1.165, 1.54) is 0 Å². The van der Waals surface area contributed by atoms with Crippen molar-refractivity contribution in [1.29, 1.82) is 0 Å². The van der Waals surface area contributed by atoms with E-state index in [1.54, 1.807) is 0 Å². The summed E-state index contributed by atoms with van der Waals surface area (Å²) in [7, 11) is 0. The Bertz CT molecular complexity index is 180. The SMILES string of the molecule is NOCC(=O)NCCCCC(O)NCCO. The summed E-state index contributed by atoms with van der Waals surface area (Å²) < 4.78 is 0. The highest BCUT2D eigenvalue weighted by Gasteiger charge is 2.02. The zero-order valence-corrected chi connectivity index (χ0v) is 9.32. The molecule has 6 N–H and O–H groups in total. The lowest BCUT2D eigenvalue weighted by atomic mass is 10.2. The van der Waals surface area contributed by atoms with Gasteiger partial charge in [-0.15, -0.1) is 0 Å². The Labute approximate surface area is 94.9 Å². The second kappa shape index (κ2) is 10.8. The average Bonchev–Trinajstić information content (AvgIpc) is 2.26. The third-order valence-corrected chi connectivity index (χ3v) is 1.93. The highest BCUT2D eigenvalue weighted by atomic mass is 16.6. The molecular weight excluding hydrogens is 214 g/mol. The van der Waals surface area contributed by atoms with E-state index < -0.39 is 6.23 Å². The molecule has 0 aliphatic rings. The fourth-order valence-corrected chi connectivity index (χ4v) is 1.15. The first-order valence-electron chi connectivity index (χ1n) is 5.31. The van der Waals surface area contributed by atoms with E-state index in [4.69, 9.17) is 11.0 Å². The van der Waals surface area contributed by atoms with E-state index in [0.717, 1.165) is 12.8 Å². The van der Waals surface area contributed by atoms with Gasteiger partial charge in [0.05, 0.1) is 6.61 Å². The molecule has 0 bridgehead atoms. The van der Waals surface area contributed by atoms with Crippen molar-refractivity contribution in [1.82, 2.24) is 10.6 Å². The van der Waals surface area contributed by atoms with Gasteiger partial charge < -0.3 is 15.5 Å². The summed E-state index contributed by atoms with van der Waals surface area (Å²) in [5, 5.41) is 23.2. The number of aliphatic hydroxyl groups excluding tert-OH is 2. The van der Waals surface area contributed by atoms with Gasteiger partial charge in [-0.05, 0) is 19.3 Å². The van der Waals surface area contributed by atoms with Crippen LogP contribution in [0, 0.1) is 0 Å². The molecule has 0 fully saturated rings. The van der Waals surface area contributed by atoms with Gasteiger partial charge in [-0.3, -0.25) is 14.9 Å². The van der Waals surface area contributed by atoms with Crippen LogP contribution in [0.4, 0.5) is 0 Å². The van der Waals surface area contributed by atoms with E-state index in [-0.39, 0.29) is 19.1 Å². The van der Waals surface area contributed by atoms with Crippen LogP contribution < -0.4 is 16.5 Å². The predicted octanol–water partition coefficient (Wildman–Crippen LogP) is -1.94. The molecule has 0 aromatic carbocycles. The molecule has 1 unspecified atom stereocenters.